The Morgan fingerprint density at radius 2 is 2.07 bits per heavy atom. The quantitative estimate of drug-likeness (QED) is 0.713. The summed E-state index contributed by atoms with van der Waals surface area (Å²) in [6.07, 6.45) is 0.273. The van der Waals surface area contributed by atoms with Gasteiger partial charge < -0.3 is 19.5 Å². The number of rotatable bonds is 8. The molecular weight excluding hydrogens is 345 g/mol. The van der Waals surface area contributed by atoms with Gasteiger partial charge in [-0.15, -0.1) is 0 Å². The fourth-order valence-corrected chi connectivity index (χ4v) is 3.47. The maximum absolute atomic E-state index is 14.9. The average molecular weight is 373 g/mol. The number of aryl methyl sites for hydroxylation is 1. The first-order valence-corrected chi connectivity index (χ1v) is 9.49. The zero-order valence-electron chi connectivity index (χ0n) is 16.0. The summed E-state index contributed by atoms with van der Waals surface area (Å²) in [4.78, 5) is 0. The lowest BCUT2D eigenvalue weighted by molar-refractivity contribution is -0.0884. The lowest BCUT2D eigenvalue weighted by Crippen LogP contribution is -2.42. The van der Waals surface area contributed by atoms with E-state index >= 15 is 0 Å². The van der Waals surface area contributed by atoms with Crippen LogP contribution in [0.5, 0.6) is 0 Å². The molecule has 1 fully saturated rings. The van der Waals surface area contributed by atoms with E-state index in [0.717, 1.165) is 29.7 Å². The van der Waals surface area contributed by atoms with Gasteiger partial charge in [0.2, 0.25) is 0 Å². The van der Waals surface area contributed by atoms with Crippen LogP contribution in [0.3, 0.4) is 0 Å². The van der Waals surface area contributed by atoms with E-state index in [1.165, 1.54) is 6.07 Å². The van der Waals surface area contributed by atoms with Crippen molar-refractivity contribution in [2.45, 2.75) is 25.6 Å². The highest BCUT2D eigenvalue weighted by atomic mass is 19.1. The van der Waals surface area contributed by atoms with Crippen LogP contribution in [0.4, 0.5) is 4.39 Å². The average Bonchev–Trinajstić information content (AvgIpc) is 2.68. The molecule has 27 heavy (non-hydrogen) atoms. The lowest BCUT2D eigenvalue weighted by Gasteiger charge is -2.32. The second kappa shape index (κ2) is 9.95. The Labute approximate surface area is 160 Å². The van der Waals surface area contributed by atoms with E-state index in [-0.39, 0.29) is 18.0 Å². The van der Waals surface area contributed by atoms with Crippen LogP contribution in [0.1, 0.15) is 23.7 Å². The summed E-state index contributed by atoms with van der Waals surface area (Å²) in [6.45, 7) is 5.29. The highest BCUT2D eigenvalue weighted by Gasteiger charge is 2.30. The Kier molecular flexibility index (Phi) is 7.35. The Bertz CT molecular complexity index is 731. The normalized spacial score (nSPS) is 18.4. The van der Waals surface area contributed by atoms with Crippen LogP contribution in [0, 0.1) is 12.7 Å². The summed E-state index contributed by atoms with van der Waals surface area (Å²) < 4.78 is 32.2. The number of methoxy groups -OCH3 is 1. The zero-order valence-corrected chi connectivity index (χ0v) is 16.0. The summed E-state index contributed by atoms with van der Waals surface area (Å²) in [5, 5.41) is 3.35. The van der Waals surface area contributed by atoms with Gasteiger partial charge in [-0.25, -0.2) is 4.39 Å². The SMILES string of the molecule is COCCCO[C@@H](c1cccc(F)c1-c1cccc(C)c1)C1CNCCO1. The molecule has 1 heterocycles. The molecule has 1 unspecified atom stereocenters. The molecule has 2 atom stereocenters. The number of ether oxygens (including phenoxy) is 3. The molecular formula is C22H28FNO3. The molecule has 0 radical (unpaired) electrons. The van der Waals surface area contributed by atoms with Gasteiger partial charge in [-0.1, -0.05) is 42.0 Å². The highest BCUT2D eigenvalue weighted by Crippen LogP contribution is 2.35. The zero-order chi connectivity index (χ0) is 19.1. The minimum Gasteiger partial charge on any atom is -0.385 e. The molecule has 0 saturated carbocycles. The van der Waals surface area contributed by atoms with E-state index < -0.39 is 0 Å². The summed E-state index contributed by atoms with van der Waals surface area (Å²) >= 11 is 0. The molecule has 0 amide bonds. The molecule has 146 valence electrons. The van der Waals surface area contributed by atoms with Crippen molar-refractivity contribution < 1.29 is 18.6 Å². The molecule has 2 aromatic rings. The maximum atomic E-state index is 14.9. The van der Waals surface area contributed by atoms with E-state index in [1.54, 1.807) is 13.2 Å². The number of halogens is 1. The molecule has 4 nitrogen and oxygen atoms in total. The van der Waals surface area contributed by atoms with E-state index in [0.29, 0.717) is 31.9 Å². The number of hydrogen-bond acceptors (Lipinski definition) is 4. The van der Waals surface area contributed by atoms with Crippen molar-refractivity contribution in [2.24, 2.45) is 0 Å². The monoisotopic (exact) mass is 373 g/mol. The van der Waals surface area contributed by atoms with Crippen molar-refractivity contribution in [3.63, 3.8) is 0 Å². The fraction of sp³-hybridized carbons (Fsp3) is 0.455. The third-order valence-corrected chi connectivity index (χ3v) is 4.74. The molecule has 0 bridgehead atoms. The number of hydrogen-bond donors (Lipinski definition) is 1. The van der Waals surface area contributed by atoms with E-state index in [4.69, 9.17) is 14.2 Å². The van der Waals surface area contributed by atoms with Crippen LogP contribution in [0.25, 0.3) is 11.1 Å². The molecule has 3 rings (SSSR count). The van der Waals surface area contributed by atoms with Crippen molar-refractivity contribution in [2.75, 3.05) is 40.0 Å². The van der Waals surface area contributed by atoms with E-state index in [9.17, 15) is 4.39 Å². The number of morpholine rings is 1. The van der Waals surface area contributed by atoms with Crippen LogP contribution >= 0.6 is 0 Å². The second-order valence-electron chi connectivity index (χ2n) is 6.82. The number of nitrogens with one attached hydrogen (secondary N) is 1. The van der Waals surface area contributed by atoms with Crippen molar-refractivity contribution in [3.8, 4) is 11.1 Å². The molecule has 1 aliphatic rings. The van der Waals surface area contributed by atoms with Crippen LogP contribution < -0.4 is 5.32 Å². The predicted molar refractivity (Wildman–Crippen MR) is 104 cm³/mol. The summed E-state index contributed by atoms with van der Waals surface area (Å²) in [5.41, 5.74) is 3.37. The van der Waals surface area contributed by atoms with Crippen LogP contribution in [0.15, 0.2) is 42.5 Å². The molecule has 1 saturated heterocycles. The molecule has 0 spiro atoms. The maximum Gasteiger partial charge on any atom is 0.131 e. The first-order chi connectivity index (χ1) is 13.2. The molecule has 0 aliphatic carbocycles. The third kappa shape index (κ3) is 5.14. The molecule has 2 aromatic carbocycles. The first kappa shape index (κ1) is 20.0. The van der Waals surface area contributed by atoms with Gasteiger partial charge in [0.25, 0.3) is 0 Å². The summed E-state index contributed by atoms with van der Waals surface area (Å²) in [6, 6.07) is 13.1. The Morgan fingerprint density at radius 1 is 1.22 bits per heavy atom. The van der Waals surface area contributed by atoms with Gasteiger partial charge in [-0.2, -0.15) is 0 Å². The fourth-order valence-electron chi connectivity index (χ4n) is 3.47. The Morgan fingerprint density at radius 3 is 2.81 bits per heavy atom. The third-order valence-electron chi connectivity index (χ3n) is 4.74. The lowest BCUT2D eigenvalue weighted by atomic mass is 9.92. The van der Waals surface area contributed by atoms with Crippen molar-refractivity contribution in [3.05, 3.63) is 59.4 Å². The van der Waals surface area contributed by atoms with E-state index in [1.807, 2.05) is 37.3 Å². The van der Waals surface area contributed by atoms with Crippen LogP contribution in [0.2, 0.25) is 0 Å². The summed E-state index contributed by atoms with van der Waals surface area (Å²) in [7, 11) is 1.67. The standard InChI is InChI=1S/C22H28FNO3/c1-16-6-3-7-17(14-16)21-18(8-4-9-19(21)23)22(27-12-5-11-25-2)20-15-24-10-13-26-20/h3-4,6-9,14,20,22,24H,5,10-13,15H2,1-2H3/t20?,22-/m0/s1. The molecule has 1 aliphatic heterocycles. The molecule has 5 heteroatoms. The van der Waals surface area contributed by atoms with Gasteiger partial charge in [0.15, 0.2) is 0 Å². The van der Waals surface area contributed by atoms with Crippen molar-refractivity contribution in [1.29, 1.82) is 0 Å². The first-order valence-electron chi connectivity index (χ1n) is 9.49. The van der Waals surface area contributed by atoms with Crippen molar-refractivity contribution in [1.82, 2.24) is 5.32 Å². The minimum atomic E-state index is -0.346. The highest BCUT2D eigenvalue weighted by molar-refractivity contribution is 5.69. The van der Waals surface area contributed by atoms with E-state index in [2.05, 4.69) is 5.32 Å². The van der Waals surface area contributed by atoms with Gasteiger partial charge in [-0.05, 0) is 30.5 Å². The van der Waals surface area contributed by atoms with Gasteiger partial charge in [0, 0.05) is 39.0 Å². The Hall–Kier alpha value is -1.79. The minimum absolute atomic E-state index is 0.161. The van der Waals surface area contributed by atoms with Crippen molar-refractivity contribution >= 4 is 0 Å². The smallest absolute Gasteiger partial charge is 0.131 e. The number of benzene rings is 2. The van der Waals surface area contributed by atoms with Crippen LogP contribution in [-0.4, -0.2) is 46.1 Å². The van der Waals surface area contributed by atoms with Gasteiger partial charge >= 0.3 is 0 Å². The summed E-state index contributed by atoms with van der Waals surface area (Å²) in [5.74, 6) is -0.243. The van der Waals surface area contributed by atoms with Gasteiger partial charge in [0.05, 0.1) is 6.61 Å². The van der Waals surface area contributed by atoms with Gasteiger partial charge in [0.1, 0.15) is 18.0 Å². The topological polar surface area (TPSA) is 39.7 Å². The molecule has 0 aromatic heterocycles. The largest absolute Gasteiger partial charge is 0.385 e. The Balaban J connectivity index is 1.96. The van der Waals surface area contributed by atoms with Crippen LogP contribution in [-0.2, 0) is 14.2 Å². The predicted octanol–water partition coefficient (Wildman–Crippen LogP) is 3.88. The van der Waals surface area contributed by atoms with Gasteiger partial charge in [-0.3, -0.25) is 0 Å². The second-order valence-corrected chi connectivity index (χ2v) is 6.82. The molecule has 1 N–H and O–H groups in total.